The second-order valence-electron chi connectivity index (χ2n) is 2.75. The highest BCUT2D eigenvalue weighted by Gasteiger charge is 2.39. The molecule has 0 bridgehead atoms. The highest BCUT2D eigenvalue weighted by atomic mass is 35.5. The van der Waals surface area contributed by atoms with Crippen LogP contribution in [0.1, 0.15) is 11.1 Å². The van der Waals surface area contributed by atoms with Crippen molar-refractivity contribution >= 4 is 11.6 Å². The predicted molar refractivity (Wildman–Crippen MR) is 41.1 cm³/mol. The van der Waals surface area contributed by atoms with Crippen LogP contribution in [0.25, 0.3) is 0 Å². The zero-order valence-electron chi connectivity index (χ0n) is 7.15. The molecule has 0 saturated heterocycles. The molecule has 0 nitrogen and oxygen atoms in total. The van der Waals surface area contributed by atoms with Crippen molar-refractivity contribution in [1.29, 1.82) is 0 Å². The zero-order valence-corrected chi connectivity index (χ0v) is 7.90. The van der Waals surface area contributed by atoms with Gasteiger partial charge in [-0.05, 0) is 6.92 Å². The molecule has 0 N–H and O–H groups in total. The third kappa shape index (κ3) is 1.90. The van der Waals surface area contributed by atoms with Crippen molar-refractivity contribution in [2.45, 2.75) is 13.1 Å². The fourth-order valence-electron chi connectivity index (χ4n) is 1.08. The largest absolute Gasteiger partial charge is 0.419 e. The molecule has 0 radical (unpaired) electrons. The molecule has 0 unspecified atom stereocenters. The van der Waals surface area contributed by atoms with Crippen molar-refractivity contribution in [3.8, 4) is 0 Å². The highest BCUT2D eigenvalue weighted by Crippen LogP contribution is 2.38. The highest BCUT2D eigenvalue weighted by molar-refractivity contribution is 6.31. The van der Waals surface area contributed by atoms with E-state index >= 15 is 0 Å². The molecule has 0 spiro atoms. The maximum atomic E-state index is 12.9. The molecule has 7 heteroatoms. The topological polar surface area (TPSA) is 0 Å². The maximum Gasteiger partial charge on any atom is 0.419 e. The smallest absolute Gasteiger partial charge is 0.205 e. The lowest BCUT2D eigenvalue weighted by Gasteiger charge is -2.13. The van der Waals surface area contributed by atoms with Gasteiger partial charge in [0.05, 0.1) is 5.56 Å². The van der Waals surface area contributed by atoms with Crippen LogP contribution in [0.15, 0.2) is 0 Å². The summed E-state index contributed by atoms with van der Waals surface area (Å²) in [5.74, 6) is -5.62. The maximum absolute atomic E-state index is 12.9. The fourth-order valence-corrected chi connectivity index (χ4v) is 1.26. The van der Waals surface area contributed by atoms with E-state index in [1.165, 1.54) is 0 Å². The molecule has 1 aromatic carbocycles. The van der Waals surface area contributed by atoms with Gasteiger partial charge in [-0.15, -0.1) is 0 Å². The second-order valence-corrected chi connectivity index (χ2v) is 3.13. The van der Waals surface area contributed by atoms with E-state index in [4.69, 9.17) is 11.6 Å². The average Bonchev–Trinajstić information content (AvgIpc) is 2.09. The lowest BCUT2D eigenvalue weighted by atomic mass is 10.1. The molecule has 0 fully saturated rings. The van der Waals surface area contributed by atoms with Crippen LogP contribution in [0.4, 0.5) is 26.3 Å². The Hall–Kier alpha value is -0.910. The van der Waals surface area contributed by atoms with Gasteiger partial charge in [0.25, 0.3) is 0 Å². The van der Waals surface area contributed by atoms with Gasteiger partial charge >= 0.3 is 6.18 Å². The normalized spacial score (nSPS) is 12.0. The first-order chi connectivity index (χ1) is 6.68. The van der Waals surface area contributed by atoms with Gasteiger partial charge < -0.3 is 0 Å². The van der Waals surface area contributed by atoms with Gasteiger partial charge in [-0.3, -0.25) is 0 Å². The van der Waals surface area contributed by atoms with Gasteiger partial charge in [0, 0.05) is 5.56 Å². The molecular formula is C8H3ClF6. The van der Waals surface area contributed by atoms with Crippen molar-refractivity contribution in [3.63, 3.8) is 0 Å². The molecule has 0 saturated carbocycles. The molecular weight excluding hydrogens is 246 g/mol. The Balaban J connectivity index is 3.68. The van der Waals surface area contributed by atoms with Gasteiger partial charge in [0.2, 0.25) is 0 Å². The summed E-state index contributed by atoms with van der Waals surface area (Å²) in [6.45, 7) is 0.626. The molecule has 0 aliphatic heterocycles. The minimum atomic E-state index is -5.12. The van der Waals surface area contributed by atoms with Crippen LogP contribution in [0, 0.1) is 24.4 Å². The Morgan fingerprint density at radius 1 is 0.933 bits per heavy atom. The molecule has 0 aliphatic rings. The van der Waals surface area contributed by atoms with E-state index in [0.29, 0.717) is 6.92 Å². The van der Waals surface area contributed by atoms with Crippen molar-refractivity contribution in [2.24, 2.45) is 0 Å². The van der Waals surface area contributed by atoms with Gasteiger partial charge in [-0.2, -0.15) is 13.2 Å². The van der Waals surface area contributed by atoms with Gasteiger partial charge in [0.1, 0.15) is 5.02 Å². The van der Waals surface area contributed by atoms with Crippen LogP contribution in [0.5, 0.6) is 0 Å². The third-order valence-corrected chi connectivity index (χ3v) is 2.12. The summed E-state index contributed by atoms with van der Waals surface area (Å²) >= 11 is 4.88. The van der Waals surface area contributed by atoms with E-state index in [1.54, 1.807) is 0 Å². The number of hydrogen-bond donors (Lipinski definition) is 0. The van der Waals surface area contributed by atoms with Crippen LogP contribution in [-0.4, -0.2) is 0 Å². The summed E-state index contributed by atoms with van der Waals surface area (Å²) in [6, 6.07) is 0. The minimum Gasteiger partial charge on any atom is -0.205 e. The van der Waals surface area contributed by atoms with Crippen molar-refractivity contribution < 1.29 is 26.3 Å². The molecule has 0 aromatic heterocycles. The fraction of sp³-hybridized carbons (Fsp3) is 0.250. The van der Waals surface area contributed by atoms with Crippen molar-refractivity contribution in [1.82, 2.24) is 0 Å². The van der Waals surface area contributed by atoms with Gasteiger partial charge in [0.15, 0.2) is 17.5 Å². The van der Waals surface area contributed by atoms with E-state index < -0.39 is 39.8 Å². The third-order valence-electron chi connectivity index (χ3n) is 1.79. The average molecular weight is 249 g/mol. The van der Waals surface area contributed by atoms with E-state index in [-0.39, 0.29) is 0 Å². The number of benzene rings is 1. The van der Waals surface area contributed by atoms with Crippen LogP contribution >= 0.6 is 11.6 Å². The lowest BCUT2D eigenvalue weighted by molar-refractivity contribution is -0.140. The molecule has 84 valence electrons. The molecule has 0 atom stereocenters. The standard InChI is InChI=1S/C8H3ClF6/c1-2-3(8(13,14)15)6(11)4(9)7(12)5(2)10/h1H3. The first-order valence-corrected chi connectivity index (χ1v) is 3.95. The Morgan fingerprint density at radius 3 is 1.80 bits per heavy atom. The van der Waals surface area contributed by atoms with Crippen LogP contribution in [-0.2, 0) is 6.18 Å². The monoisotopic (exact) mass is 248 g/mol. The molecule has 0 amide bonds. The Kier molecular flexibility index (Phi) is 2.91. The number of hydrogen-bond acceptors (Lipinski definition) is 0. The first kappa shape index (κ1) is 12.2. The SMILES string of the molecule is Cc1c(F)c(F)c(Cl)c(F)c1C(F)(F)F. The summed E-state index contributed by atoms with van der Waals surface area (Å²) < 4.78 is 75.1. The first-order valence-electron chi connectivity index (χ1n) is 3.57. The Bertz CT molecular complexity index is 380. The minimum absolute atomic E-state index is 0.626. The molecule has 0 heterocycles. The van der Waals surface area contributed by atoms with E-state index in [9.17, 15) is 26.3 Å². The summed E-state index contributed by atoms with van der Waals surface area (Å²) in [5, 5.41) is -1.49. The summed E-state index contributed by atoms with van der Waals surface area (Å²) in [5.41, 5.74) is -3.03. The van der Waals surface area contributed by atoms with Crippen LogP contribution < -0.4 is 0 Å². The van der Waals surface area contributed by atoms with E-state index in [1.807, 2.05) is 0 Å². The number of rotatable bonds is 0. The zero-order chi connectivity index (χ0) is 12.0. The molecule has 0 aliphatic carbocycles. The van der Waals surface area contributed by atoms with Crippen molar-refractivity contribution in [2.75, 3.05) is 0 Å². The summed E-state index contributed by atoms with van der Waals surface area (Å²) in [6.07, 6.45) is -5.12. The summed E-state index contributed by atoms with van der Waals surface area (Å²) in [7, 11) is 0. The van der Waals surface area contributed by atoms with E-state index in [2.05, 4.69) is 0 Å². The van der Waals surface area contributed by atoms with Crippen molar-refractivity contribution in [3.05, 3.63) is 33.6 Å². The van der Waals surface area contributed by atoms with E-state index in [0.717, 1.165) is 0 Å². The molecule has 15 heavy (non-hydrogen) atoms. The molecule has 1 aromatic rings. The predicted octanol–water partition coefficient (Wildman–Crippen LogP) is 4.08. The summed E-state index contributed by atoms with van der Waals surface area (Å²) in [4.78, 5) is 0. The molecule has 1 rings (SSSR count). The van der Waals surface area contributed by atoms with Crippen LogP contribution in [0.2, 0.25) is 5.02 Å². The van der Waals surface area contributed by atoms with Crippen LogP contribution in [0.3, 0.4) is 0 Å². The Morgan fingerprint density at radius 2 is 1.40 bits per heavy atom. The number of alkyl halides is 3. The number of halogens is 7. The lowest BCUT2D eigenvalue weighted by Crippen LogP contribution is -2.14. The van der Waals surface area contributed by atoms with Gasteiger partial charge in [-0.25, -0.2) is 13.2 Å². The second kappa shape index (κ2) is 3.59. The Labute approximate surface area is 85.5 Å². The van der Waals surface area contributed by atoms with Gasteiger partial charge in [-0.1, -0.05) is 11.6 Å². The quantitative estimate of drug-likeness (QED) is 0.369.